The molecule has 2 N–H and O–H groups in total. The molecule has 0 atom stereocenters. The summed E-state index contributed by atoms with van der Waals surface area (Å²) in [6.45, 7) is 7.38. The summed E-state index contributed by atoms with van der Waals surface area (Å²) < 4.78 is 5.74. The third-order valence-electron chi connectivity index (χ3n) is 3.44. The van der Waals surface area contributed by atoms with E-state index in [1.165, 1.54) is 10.8 Å². The number of hydrogen-bond acceptors (Lipinski definition) is 3. The normalized spacial score (nSPS) is 11.2. The summed E-state index contributed by atoms with van der Waals surface area (Å²) in [6, 6.07) is 12.4. The van der Waals surface area contributed by atoms with Gasteiger partial charge in [-0.1, -0.05) is 30.3 Å². The number of hydrogen-bond donors (Lipinski definition) is 2. The van der Waals surface area contributed by atoms with Gasteiger partial charge in [-0.2, -0.15) is 0 Å². The molecule has 2 aromatic rings. The lowest BCUT2D eigenvalue weighted by molar-refractivity contribution is 0.187. The number of aliphatic hydroxyl groups is 1. The predicted octanol–water partition coefficient (Wildman–Crippen LogP) is 3.52. The standard InChI is InChI=1S/C17H23NO2.ClH/c1-4-20-16-10-9-13-7-5-6-8-14(13)15(16)11-18-17(2,3)12-19;/h5-10,18-19H,4,11-12H2,1-3H3;1H. The second-order valence-electron chi connectivity index (χ2n) is 5.59. The Morgan fingerprint density at radius 3 is 2.52 bits per heavy atom. The molecule has 0 fully saturated rings. The molecule has 21 heavy (non-hydrogen) atoms. The molecule has 0 aliphatic carbocycles. The van der Waals surface area contributed by atoms with Gasteiger partial charge in [0.05, 0.1) is 13.2 Å². The smallest absolute Gasteiger partial charge is 0.124 e. The van der Waals surface area contributed by atoms with Gasteiger partial charge in [0.1, 0.15) is 5.75 Å². The molecule has 116 valence electrons. The van der Waals surface area contributed by atoms with Crippen molar-refractivity contribution < 1.29 is 9.84 Å². The van der Waals surface area contributed by atoms with Gasteiger partial charge < -0.3 is 15.2 Å². The fourth-order valence-corrected chi connectivity index (χ4v) is 2.17. The summed E-state index contributed by atoms with van der Waals surface area (Å²) in [5.41, 5.74) is 0.840. The minimum absolute atomic E-state index is 0. The average molecular weight is 310 g/mol. The first-order valence-electron chi connectivity index (χ1n) is 7.06. The van der Waals surface area contributed by atoms with Crippen molar-refractivity contribution in [2.45, 2.75) is 32.9 Å². The Morgan fingerprint density at radius 1 is 1.14 bits per heavy atom. The third-order valence-corrected chi connectivity index (χ3v) is 3.44. The monoisotopic (exact) mass is 309 g/mol. The topological polar surface area (TPSA) is 41.5 Å². The summed E-state index contributed by atoms with van der Waals surface area (Å²) in [7, 11) is 0. The maximum Gasteiger partial charge on any atom is 0.124 e. The Balaban J connectivity index is 0.00000220. The second-order valence-corrected chi connectivity index (χ2v) is 5.59. The van der Waals surface area contributed by atoms with Crippen molar-refractivity contribution in [2.75, 3.05) is 13.2 Å². The van der Waals surface area contributed by atoms with Gasteiger partial charge in [0, 0.05) is 17.6 Å². The Bertz CT molecular complexity index is 584. The van der Waals surface area contributed by atoms with Crippen LogP contribution in [0.5, 0.6) is 5.75 Å². The highest BCUT2D eigenvalue weighted by molar-refractivity contribution is 5.87. The first kappa shape index (κ1) is 17.8. The number of ether oxygens (including phenoxy) is 1. The summed E-state index contributed by atoms with van der Waals surface area (Å²) in [6.07, 6.45) is 0. The van der Waals surface area contributed by atoms with Gasteiger partial charge >= 0.3 is 0 Å². The lowest BCUT2D eigenvalue weighted by atomic mass is 10.0. The zero-order chi connectivity index (χ0) is 14.6. The Morgan fingerprint density at radius 2 is 1.86 bits per heavy atom. The number of halogens is 1. The maximum absolute atomic E-state index is 9.36. The Labute approximate surface area is 132 Å². The van der Waals surface area contributed by atoms with Crippen molar-refractivity contribution in [3.63, 3.8) is 0 Å². The fraction of sp³-hybridized carbons (Fsp3) is 0.412. The van der Waals surface area contributed by atoms with Crippen LogP contribution in [0.4, 0.5) is 0 Å². The molecule has 2 rings (SSSR count). The highest BCUT2D eigenvalue weighted by atomic mass is 35.5. The quantitative estimate of drug-likeness (QED) is 0.858. The lowest BCUT2D eigenvalue weighted by Gasteiger charge is -2.25. The molecular formula is C17H24ClNO2. The molecule has 0 bridgehead atoms. The van der Waals surface area contributed by atoms with Gasteiger partial charge in [0.15, 0.2) is 0 Å². The Hall–Kier alpha value is -1.29. The molecule has 0 saturated heterocycles. The van der Waals surface area contributed by atoms with Crippen LogP contribution >= 0.6 is 12.4 Å². The van der Waals surface area contributed by atoms with Crippen LogP contribution in [0.15, 0.2) is 36.4 Å². The highest BCUT2D eigenvalue weighted by Gasteiger charge is 2.17. The largest absolute Gasteiger partial charge is 0.494 e. The lowest BCUT2D eigenvalue weighted by Crippen LogP contribution is -2.42. The van der Waals surface area contributed by atoms with Crippen molar-refractivity contribution in [1.29, 1.82) is 0 Å². The third kappa shape index (κ3) is 4.34. The van der Waals surface area contributed by atoms with Gasteiger partial charge in [-0.3, -0.25) is 0 Å². The van der Waals surface area contributed by atoms with E-state index in [1.54, 1.807) is 0 Å². The van der Waals surface area contributed by atoms with Crippen molar-refractivity contribution >= 4 is 23.2 Å². The number of rotatable bonds is 6. The van der Waals surface area contributed by atoms with Crippen LogP contribution in [0.1, 0.15) is 26.3 Å². The van der Waals surface area contributed by atoms with E-state index in [1.807, 2.05) is 39.0 Å². The molecule has 0 aliphatic heterocycles. The SMILES string of the molecule is CCOc1ccc2ccccc2c1CNC(C)(C)CO.Cl. The van der Waals surface area contributed by atoms with Gasteiger partial charge in [0.25, 0.3) is 0 Å². The van der Waals surface area contributed by atoms with E-state index < -0.39 is 0 Å². The first-order chi connectivity index (χ1) is 9.57. The first-order valence-corrected chi connectivity index (χ1v) is 7.06. The van der Waals surface area contributed by atoms with E-state index in [0.29, 0.717) is 13.2 Å². The summed E-state index contributed by atoms with van der Waals surface area (Å²) in [5, 5.41) is 15.1. The number of fused-ring (bicyclic) bond motifs is 1. The van der Waals surface area contributed by atoms with Crippen molar-refractivity contribution in [2.24, 2.45) is 0 Å². The van der Waals surface area contributed by atoms with Crippen LogP contribution in [-0.2, 0) is 6.54 Å². The molecule has 3 nitrogen and oxygen atoms in total. The van der Waals surface area contributed by atoms with E-state index in [-0.39, 0.29) is 24.6 Å². The fourth-order valence-electron chi connectivity index (χ4n) is 2.17. The van der Waals surface area contributed by atoms with Crippen molar-refractivity contribution in [3.05, 3.63) is 42.0 Å². The van der Waals surface area contributed by atoms with E-state index in [2.05, 4.69) is 23.5 Å². The Kier molecular flexibility index (Phi) is 6.46. The van der Waals surface area contributed by atoms with Crippen LogP contribution < -0.4 is 10.1 Å². The molecule has 0 aromatic heterocycles. The van der Waals surface area contributed by atoms with Crippen LogP contribution in [0, 0.1) is 0 Å². The summed E-state index contributed by atoms with van der Waals surface area (Å²) >= 11 is 0. The van der Waals surface area contributed by atoms with Gasteiger partial charge in [-0.05, 0) is 37.6 Å². The maximum atomic E-state index is 9.36. The highest BCUT2D eigenvalue weighted by Crippen LogP contribution is 2.28. The van der Waals surface area contributed by atoms with E-state index >= 15 is 0 Å². The average Bonchev–Trinajstić information content (AvgIpc) is 2.46. The molecule has 0 aliphatic rings. The molecule has 0 heterocycles. The zero-order valence-corrected chi connectivity index (χ0v) is 13.7. The molecular weight excluding hydrogens is 286 g/mol. The minimum Gasteiger partial charge on any atom is -0.494 e. The van der Waals surface area contributed by atoms with Crippen LogP contribution in [0.25, 0.3) is 10.8 Å². The van der Waals surface area contributed by atoms with Crippen molar-refractivity contribution in [3.8, 4) is 5.75 Å². The molecule has 0 amide bonds. The second kappa shape index (κ2) is 7.64. The van der Waals surface area contributed by atoms with E-state index in [4.69, 9.17) is 4.74 Å². The summed E-state index contributed by atoms with van der Waals surface area (Å²) in [4.78, 5) is 0. The predicted molar refractivity (Wildman–Crippen MR) is 90.4 cm³/mol. The van der Waals surface area contributed by atoms with Gasteiger partial charge in [0.2, 0.25) is 0 Å². The molecule has 2 aromatic carbocycles. The molecule has 0 radical (unpaired) electrons. The molecule has 0 spiro atoms. The number of benzene rings is 2. The summed E-state index contributed by atoms with van der Waals surface area (Å²) in [5.74, 6) is 0.910. The number of aliphatic hydroxyl groups excluding tert-OH is 1. The number of nitrogens with one attached hydrogen (secondary N) is 1. The molecule has 0 unspecified atom stereocenters. The molecule has 4 heteroatoms. The van der Waals surface area contributed by atoms with E-state index in [0.717, 1.165) is 11.3 Å². The van der Waals surface area contributed by atoms with Gasteiger partial charge in [-0.15, -0.1) is 12.4 Å². The zero-order valence-electron chi connectivity index (χ0n) is 12.8. The van der Waals surface area contributed by atoms with Crippen LogP contribution in [-0.4, -0.2) is 23.9 Å². The van der Waals surface area contributed by atoms with Gasteiger partial charge in [-0.25, -0.2) is 0 Å². The van der Waals surface area contributed by atoms with Crippen LogP contribution in [0.3, 0.4) is 0 Å². The molecule has 0 saturated carbocycles. The van der Waals surface area contributed by atoms with Crippen molar-refractivity contribution in [1.82, 2.24) is 5.32 Å². The minimum atomic E-state index is -0.305. The van der Waals surface area contributed by atoms with Crippen LogP contribution in [0.2, 0.25) is 0 Å². The van der Waals surface area contributed by atoms with E-state index in [9.17, 15) is 5.11 Å².